The molecule has 1 rings (SSSR count). The molecule has 4 heteroatoms. The van der Waals surface area contributed by atoms with Crippen molar-refractivity contribution in [1.29, 1.82) is 5.26 Å². The summed E-state index contributed by atoms with van der Waals surface area (Å²) in [5, 5.41) is 12.1. The van der Waals surface area contributed by atoms with Crippen LogP contribution in [0.1, 0.15) is 24.6 Å². The molecular weight excluding hydrogens is 202 g/mol. The Morgan fingerprint density at radius 2 is 2.44 bits per heavy atom. The van der Waals surface area contributed by atoms with Crippen molar-refractivity contribution in [3.8, 4) is 6.07 Å². The molecule has 1 atom stereocenters. The molecule has 0 aliphatic rings. The largest absolute Gasteiger partial charge is 0.385 e. The van der Waals surface area contributed by atoms with Crippen molar-refractivity contribution >= 4 is 0 Å². The Kier molecular flexibility index (Phi) is 5.48. The van der Waals surface area contributed by atoms with Crippen LogP contribution in [0.15, 0.2) is 18.3 Å². The average Bonchev–Trinajstić information content (AvgIpc) is 2.34. The van der Waals surface area contributed by atoms with Gasteiger partial charge in [0.15, 0.2) is 0 Å². The SMILES string of the molecule is COCCC(C)NCc1ccnc(C#N)c1. The van der Waals surface area contributed by atoms with Crippen LogP contribution in [0, 0.1) is 11.3 Å². The lowest BCUT2D eigenvalue weighted by atomic mass is 10.2. The summed E-state index contributed by atoms with van der Waals surface area (Å²) in [7, 11) is 1.70. The number of hydrogen-bond acceptors (Lipinski definition) is 4. The molecule has 1 aromatic rings. The van der Waals surface area contributed by atoms with Crippen molar-refractivity contribution in [3.63, 3.8) is 0 Å². The first kappa shape index (κ1) is 12.6. The van der Waals surface area contributed by atoms with Crippen LogP contribution < -0.4 is 5.32 Å². The summed E-state index contributed by atoms with van der Waals surface area (Å²) in [6.07, 6.45) is 2.64. The lowest BCUT2D eigenvalue weighted by molar-refractivity contribution is 0.184. The number of nitrogens with zero attached hydrogens (tertiary/aromatic N) is 2. The van der Waals surface area contributed by atoms with Crippen LogP contribution in [-0.4, -0.2) is 24.7 Å². The minimum atomic E-state index is 0.402. The monoisotopic (exact) mass is 219 g/mol. The van der Waals surface area contributed by atoms with E-state index in [1.807, 2.05) is 12.1 Å². The molecule has 0 saturated heterocycles. The maximum Gasteiger partial charge on any atom is 0.140 e. The smallest absolute Gasteiger partial charge is 0.140 e. The van der Waals surface area contributed by atoms with Gasteiger partial charge in [0.05, 0.1) is 0 Å². The molecule has 1 heterocycles. The molecule has 1 N–H and O–H groups in total. The fraction of sp³-hybridized carbons (Fsp3) is 0.500. The van der Waals surface area contributed by atoms with Gasteiger partial charge in [-0.15, -0.1) is 0 Å². The molecule has 0 bridgehead atoms. The topological polar surface area (TPSA) is 57.9 Å². The third-order valence-corrected chi connectivity index (χ3v) is 2.35. The highest BCUT2D eigenvalue weighted by molar-refractivity contribution is 5.25. The van der Waals surface area contributed by atoms with Crippen LogP contribution in [0.3, 0.4) is 0 Å². The number of pyridine rings is 1. The van der Waals surface area contributed by atoms with Gasteiger partial charge in [0.25, 0.3) is 0 Å². The number of methoxy groups -OCH3 is 1. The van der Waals surface area contributed by atoms with Gasteiger partial charge in [-0.05, 0) is 31.0 Å². The highest BCUT2D eigenvalue weighted by Crippen LogP contribution is 2.01. The fourth-order valence-electron chi connectivity index (χ4n) is 1.33. The number of nitriles is 1. The number of hydrogen-bond donors (Lipinski definition) is 1. The van der Waals surface area contributed by atoms with Gasteiger partial charge in [-0.25, -0.2) is 4.98 Å². The van der Waals surface area contributed by atoms with E-state index in [9.17, 15) is 0 Å². The normalized spacial score (nSPS) is 12.1. The Hall–Kier alpha value is -1.44. The summed E-state index contributed by atoms with van der Waals surface area (Å²) in [4.78, 5) is 3.93. The predicted molar refractivity (Wildman–Crippen MR) is 61.7 cm³/mol. The lowest BCUT2D eigenvalue weighted by Gasteiger charge is -2.13. The predicted octanol–water partition coefficient (Wildman–Crippen LogP) is 1.47. The Balaban J connectivity index is 2.39. The van der Waals surface area contributed by atoms with E-state index in [1.165, 1.54) is 0 Å². The summed E-state index contributed by atoms with van der Waals surface area (Å²) in [6, 6.07) is 6.15. The second kappa shape index (κ2) is 6.94. The van der Waals surface area contributed by atoms with E-state index < -0.39 is 0 Å². The van der Waals surface area contributed by atoms with Crippen molar-refractivity contribution in [1.82, 2.24) is 10.3 Å². The minimum Gasteiger partial charge on any atom is -0.385 e. The highest BCUT2D eigenvalue weighted by atomic mass is 16.5. The van der Waals surface area contributed by atoms with Gasteiger partial charge >= 0.3 is 0 Å². The maximum atomic E-state index is 8.71. The van der Waals surface area contributed by atoms with Gasteiger partial charge in [0.1, 0.15) is 11.8 Å². The minimum absolute atomic E-state index is 0.402. The zero-order valence-electron chi connectivity index (χ0n) is 9.73. The molecule has 0 spiro atoms. The molecular formula is C12H17N3O. The number of aromatic nitrogens is 1. The first-order valence-electron chi connectivity index (χ1n) is 5.33. The molecule has 0 aromatic carbocycles. The number of rotatable bonds is 6. The Labute approximate surface area is 96.3 Å². The summed E-state index contributed by atoms with van der Waals surface area (Å²) in [5.74, 6) is 0. The van der Waals surface area contributed by atoms with Gasteiger partial charge < -0.3 is 10.1 Å². The Morgan fingerprint density at radius 1 is 1.62 bits per heavy atom. The second-order valence-electron chi connectivity index (χ2n) is 3.72. The Bertz CT molecular complexity index is 360. The first-order valence-corrected chi connectivity index (χ1v) is 5.33. The molecule has 0 saturated carbocycles. The highest BCUT2D eigenvalue weighted by Gasteiger charge is 2.01. The molecule has 86 valence electrons. The van der Waals surface area contributed by atoms with Gasteiger partial charge in [0, 0.05) is 32.5 Å². The van der Waals surface area contributed by atoms with Crippen molar-refractivity contribution in [2.45, 2.75) is 25.9 Å². The average molecular weight is 219 g/mol. The zero-order chi connectivity index (χ0) is 11.8. The molecule has 4 nitrogen and oxygen atoms in total. The van der Waals surface area contributed by atoms with E-state index in [1.54, 1.807) is 19.4 Å². The summed E-state index contributed by atoms with van der Waals surface area (Å²) in [5.41, 5.74) is 1.54. The van der Waals surface area contributed by atoms with E-state index in [-0.39, 0.29) is 0 Å². The zero-order valence-corrected chi connectivity index (χ0v) is 9.73. The van der Waals surface area contributed by atoms with E-state index >= 15 is 0 Å². The summed E-state index contributed by atoms with van der Waals surface area (Å²) >= 11 is 0. The number of nitrogens with one attached hydrogen (secondary N) is 1. The van der Waals surface area contributed by atoms with Gasteiger partial charge in [-0.3, -0.25) is 0 Å². The Morgan fingerprint density at radius 3 is 3.12 bits per heavy atom. The van der Waals surface area contributed by atoms with Gasteiger partial charge in [0.2, 0.25) is 0 Å². The van der Waals surface area contributed by atoms with Crippen LogP contribution >= 0.6 is 0 Å². The van der Waals surface area contributed by atoms with E-state index in [0.29, 0.717) is 11.7 Å². The molecule has 0 fully saturated rings. The standard InChI is InChI=1S/C12H17N3O/c1-10(4-6-16-2)15-9-11-3-5-14-12(7-11)8-13/h3,5,7,10,15H,4,6,9H2,1-2H3. The van der Waals surface area contributed by atoms with Crippen molar-refractivity contribution in [3.05, 3.63) is 29.6 Å². The van der Waals surface area contributed by atoms with Crippen molar-refractivity contribution in [2.75, 3.05) is 13.7 Å². The second-order valence-corrected chi connectivity index (χ2v) is 3.72. The van der Waals surface area contributed by atoms with Crippen LogP contribution in [-0.2, 0) is 11.3 Å². The van der Waals surface area contributed by atoms with E-state index in [0.717, 1.165) is 25.1 Å². The van der Waals surface area contributed by atoms with E-state index in [2.05, 4.69) is 17.2 Å². The lowest BCUT2D eigenvalue weighted by Crippen LogP contribution is -2.26. The number of ether oxygens (including phenoxy) is 1. The molecule has 0 amide bonds. The van der Waals surface area contributed by atoms with Crippen LogP contribution in [0.25, 0.3) is 0 Å². The quantitative estimate of drug-likeness (QED) is 0.787. The fourth-order valence-corrected chi connectivity index (χ4v) is 1.33. The van der Waals surface area contributed by atoms with E-state index in [4.69, 9.17) is 10.00 Å². The van der Waals surface area contributed by atoms with Crippen molar-refractivity contribution in [2.24, 2.45) is 0 Å². The van der Waals surface area contributed by atoms with Crippen LogP contribution in [0.4, 0.5) is 0 Å². The third-order valence-electron chi connectivity index (χ3n) is 2.35. The summed E-state index contributed by atoms with van der Waals surface area (Å²) in [6.45, 7) is 3.63. The van der Waals surface area contributed by atoms with Gasteiger partial charge in [-0.1, -0.05) is 0 Å². The van der Waals surface area contributed by atoms with Crippen LogP contribution in [0.5, 0.6) is 0 Å². The molecule has 16 heavy (non-hydrogen) atoms. The molecule has 1 unspecified atom stereocenters. The first-order chi connectivity index (χ1) is 7.76. The molecule has 0 radical (unpaired) electrons. The molecule has 0 aliphatic carbocycles. The van der Waals surface area contributed by atoms with Gasteiger partial charge in [-0.2, -0.15) is 5.26 Å². The van der Waals surface area contributed by atoms with Crippen molar-refractivity contribution < 1.29 is 4.74 Å². The summed E-state index contributed by atoms with van der Waals surface area (Å²) < 4.78 is 5.01. The molecule has 1 aromatic heterocycles. The molecule has 0 aliphatic heterocycles. The maximum absolute atomic E-state index is 8.71. The van der Waals surface area contributed by atoms with Crippen LogP contribution in [0.2, 0.25) is 0 Å². The third kappa shape index (κ3) is 4.39.